The molecule has 0 fully saturated rings. The maximum absolute atomic E-state index is 10.5. The number of benzene rings is 1. The molecule has 0 aliphatic carbocycles. The van der Waals surface area contributed by atoms with Gasteiger partial charge < -0.3 is 9.84 Å². The molecule has 0 spiro atoms. The van der Waals surface area contributed by atoms with Crippen molar-refractivity contribution in [1.82, 2.24) is 0 Å². The average Bonchev–Trinajstić information content (AvgIpc) is 2.17. The van der Waals surface area contributed by atoms with Crippen molar-refractivity contribution in [3.05, 3.63) is 28.8 Å². The molecule has 1 N–H and O–H groups in total. The van der Waals surface area contributed by atoms with E-state index >= 15 is 0 Å². The third-order valence-corrected chi connectivity index (χ3v) is 3.10. The molecule has 102 valence electrons. The van der Waals surface area contributed by atoms with Crippen LogP contribution in [-0.4, -0.2) is 12.2 Å². The number of aromatic hydroxyl groups is 1. The second kappa shape index (κ2) is 4.93. The van der Waals surface area contributed by atoms with Crippen molar-refractivity contribution < 1.29 is 9.84 Å². The zero-order chi connectivity index (χ0) is 14.1. The summed E-state index contributed by atoms with van der Waals surface area (Å²) in [7, 11) is 1.69. The summed E-state index contributed by atoms with van der Waals surface area (Å²) < 4.78 is 5.22. The molecule has 0 bridgehead atoms. The predicted octanol–water partition coefficient (Wildman–Crippen LogP) is 4.13. The number of hydrogen-bond acceptors (Lipinski definition) is 2. The van der Waals surface area contributed by atoms with Crippen molar-refractivity contribution in [3.63, 3.8) is 0 Å². The molecule has 0 atom stereocenters. The Morgan fingerprint density at radius 3 is 1.61 bits per heavy atom. The molecular formula is C16H26O2. The number of methoxy groups -OCH3 is 1. The second-order valence-electron chi connectivity index (χ2n) is 6.97. The van der Waals surface area contributed by atoms with Crippen LogP contribution in [0.5, 0.6) is 5.75 Å². The van der Waals surface area contributed by atoms with Gasteiger partial charge in [0.1, 0.15) is 5.75 Å². The molecule has 0 aliphatic heterocycles. The van der Waals surface area contributed by atoms with Crippen LogP contribution in [0.4, 0.5) is 0 Å². The fourth-order valence-electron chi connectivity index (χ4n) is 2.09. The number of phenols is 1. The lowest BCUT2D eigenvalue weighted by Gasteiger charge is -2.28. The Hall–Kier alpha value is -1.02. The SMILES string of the molecule is COCc1cc(C(C)(C)C)c(O)c(C(C)(C)C)c1. The standard InChI is InChI=1S/C16H26O2/c1-15(2,3)12-8-11(10-18-7)9-13(14(12)17)16(4,5)6/h8-9,17H,10H2,1-7H3. The smallest absolute Gasteiger partial charge is 0.123 e. The molecule has 0 amide bonds. The Balaban J connectivity index is 3.48. The van der Waals surface area contributed by atoms with E-state index in [-0.39, 0.29) is 10.8 Å². The minimum absolute atomic E-state index is 0.0756. The lowest BCUT2D eigenvalue weighted by atomic mass is 9.78. The summed E-state index contributed by atoms with van der Waals surface area (Å²) >= 11 is 0. The summed E-state index contributed by atoms with van der Waals surface area (Å²) in [6.07, 6.45) is 0. The van der Waals surface area contributed by atoms with Gasteiger partial charge in [-0.05, 0) is 39.7 Å². The summed E-state index contributed by atoms with van der Waals surface area (Å²) in [6, 6.07) is 4.10. The highest BCUT2D eigenvalue weighted by Gasteiger charge is 2.26. The van der Waals surface area contributed by atoms with Crippen molar-refractivity contribution in [2.24, 2.45) is 0 Å². The highest BCUT2D eigenvalue weighted by molar-refractivity contribution is 5.49. The molecule has 0 aromatic heterocycles. The first-order valence-corrected chi connectivity index (χ1v) is 6.43. The highest BCUT2D eigenvalue weighted by Crippen LogP contribution is 2.39. The van der Waals surface area contributed by atoms with E-state index in [2.05, 4.69) is 41.5 Å². The second-order valence-corrected chi connectivity index (χ2v) is 6.97. The van der Waals surface area contributed by atoms with Gasteiger partial charge in [0, 0.05) is 7.11 Å². The first kappa shape index (κ1) is 15.0. The molecule has 2 nitrogen and oxygen atoms in total. The summed E-state index contributed by atoms with van der Waals surface area (Å²) in [5.41, 5.74) is 2.94. The van der Waals surface area contributed by atoms with E-state index < -0.39 is 0 Å². The van der Waals surface area contributed by atoms with E-state index in [0.717, 1.165) is 16.7 Å². The van der Waals surface area contributed by atoms with Gasteiger partial charge in [-0.15, -0.1) is 0 Å². The van der Waals surface area contributed by atoms with Crippen LogP contribution in [0.3, 0.4) is 0 Å². The quantitative estimate of drug-likeness (QED) is 0.855. The molecule has 0 saturated carbocycles. The molecule has 0 heterocycles. The summed E-state index contributed by atoms with van der Waals surface area (Å²) in [5, 5.41) is 10.5. The molecule has 0 aliphatic rings. The fraction of sp³-hybridized carbons (Fsp3) is 0.625. The highest BCUT2D eigenvalue weighted by atomic mass is 16.5. The third-order valence-electron chi connectivity index (χ3n) is 3.10. The van der Waals surface area contributed by atoms with E-state index in [1.165, 1.54) is 0 Å². The molecular weight excluding hydrogens is 224 g/mol. The number of hydrogen-bond donors (Lipinski definition) is 1. The van der Waals surface area contributed by atoms with Gasteiger partial charge in [0.2, 0.25) is 0 Å². The molecule has 18 heavy (non-hydrogen) atoms. The molecule has 0 saturated heterocycles. The van der Waals surface area contributed by atoms with E-state index in [1.54, 1.807) is 7.11 Å². The lowest BCUT2D eigenvalue weighted by molar-refractivity contribution is 0.184. The van der Waals surface area contributed by atoms with Crippen LogP contribution in [0.25, 0.3) is 0 Å². The van der Waals surface area contributed by atoms with Crippen LogP contribution >= 0.6 is 0 Å². The van der Waals surface area contributed by atoms with E-state index in [1.807, 2.05) is 12.1 Å². The Bertz CT molecular complexity index is 385. The Morgan fingerprint density at radius 1 is 0.944 bits per heavy atom. The summed E-state index contributed by atoms with van der Waals surface area (Å²) in [5.74, 6) is 0.426. The number of rotatable bonds is 2. The van der Waals surface area contributed by atoms with Crippen LogP contribution in [0.1, 0.15) is 58.2 Å². The van der Waals surface area contributed by atoms with Crippen molar-refractivity contribution in [2.45, 2.75) is 59.0 Å². The van der Waals surface area contributed by atoms with Crippen LogP contribution in [0, 0.1) is 0 Å². The van der Waals surface area contributed by atoms with Gasteiger partial charge >= 0.3 is 0 Å². The zero-order valence-corrected chi connectivity index (χ0v) is 12.7. The van der Waals surface area contributed by atoms with Crippen molar-refractivity contribution in [2.75, 3.05) is 7.11 Å². The van der Waals surface area contributed by atoms with Crippen LogP contribution in [-0.2, 0) is 22.2 Å². The van der Waals surface area contributed by atoms with Gasteiger partial charge in [-0.2, -0.15) is 0 Å². The topological polar surface area (TPSA) is 29.5 Å². The lowest BCUT2D eigenvalue weighted by Crippen LogP contribution is -2.18. The maximum Gasteiger partial charge on any atom is 0.123 e. The normalized spacial score (nSPS) is 12.8. The largest absolute Gasteiger partial charge is 0.507 e. The minimum atomic E-state index is -0.0756. The van der Waals surface area contributed by atoms with Crippen molar-refractivity contribution in [1.29, 1.82) is 0 Å². The van der Waals surface area contributed by atoms with E-state index in [9.17, 15) is 5.11 Å². The molecule has 0 unspecified atom stereocenters. The van der Waals surface area contributed by atoms with Gasteiger partial charge in [-0.3, -0.25) is 0 Å². The monoisotopic (exact) mass is 250 g/mol. The molecule has 0 radical (unpaired) electrons. The first-order valence-electron chi connectivity index (χ1n) is 6.43. The summed E-state index contributed by atoms with van der Waals surface area (Å²) in [4.78, 5) is 0. The van der Waals surface area contributed by atoms with Crippen molar-refractivity contribution >= 4 is 0 Å². The average molecular weight is 250 g/mol. The van der Waals surface area contributed by atoms with Gasteiger partial charge in [0.25, 0.3) is 0 Å². The van der Waals surface area contributed by atoms with Gasteiger partial charge in [0.15, 0.2) is 0 Å². The van der Waals surface area contributed by atoms with Crippen molar-refractivity contribution in [3.8, 4) is 5.75 Å². The van der Waals surface area contributed by atoms with Gasteiger partial charge in [-0.25, -0.2) is 0 Å². The fourth-order valence-corrected chi connectivity index (χ4v) is 2.09. The van der Waals surface area contributed by atoms with Gasteiger partial charge in [0.05, 0.1) is 6.61 Å². The zero-order valence-electron chi connectivity index (χ0n) is 12.7. The molecule has 1 rings (SSSR count). The maximum atomic E-state index is 10.5. The summed E-state index contributed by atoms with van der Waals surface area (Å²) in [6.45, 7) is 13.3. The van der Waals surface area contributed by atoms with Crippen LogP contribution in [0.15, 0.2) is 12.1 Å². The van der Waals surface area contributed by atoms with Gasteiger partial charge in [-0.1, -0.05) is 41.5 Å². The Morgan fingerprint density at radius 2 is 1.33 bits per heavy atom. The third kappa shape index (κ3) is 3.26. The number of ether oxygens (including phenoxy) is 1. The van der Waals surface area contributed by atoms with E-state index in [4.69, 9.17) is 4.74 Å². The molecule has 2 heteroatoms. The van der Waals surface area contributed by atoms with Crippen LogP contribution in [0.2, 0.25) is 0 Å². The number of phenolic OH excluding ortho intramolecular Hbond substituents is 1. The Labute approximate surface area is 111 Å². The van der Waals surface area contributed by atoms with Crippen LogP contribution < -0.4 is 0 Å². The predicted molar refractivity (Wildman–Crippen MR) is 76.2 cm³/mol. The molecule has 1 aromatic carbocycles. The minimum Gasteiger partial charge on any atom is -0.507 e. The molecule has 1 aromatic rings. The Kier molecular flexibility index (Phi) is 4.12. The first-order chi connectivity index (χ1) is 8.07. The van der Waals surface area contributed by atoms with E-state index in [0.29, 0.717) is 12.4 Å².